The van der Waals surface area contributed by atoms with E-state index in [1.165, 1.54) is 0 Å². The number of halogens is 8. The van der Waals surface area contributed by atoms with E-state index in [0.29, 0.717) is 48.0 Å². The predicted molar refractivity (Wildman–Crippen MR) is 158 cm³/mol. The van der Waals surface area contributed by atoms with Crippen LogP contribution in [0.1, 0.15) is 11.1 Å². The summed E-state index contributed by atoms with van der Waals surface area (Å²) in [5, 5.41) is 10.2. The minimum absolute atomic E-state index is 0. The Balaban J connectivity index is 0.00000408. The van der Waals surface area contributed by atoms with Crippen LogP contribution in [0.3, 0.4) is 0 Å². The third kappa shape index (κ3) is 6.36. The van der Waals surface area contributed by atoms with Gasteiger partial charge in [-0.15, -0.1) is 0 Å². The second-order valence-electron chi connectivity index (χ2n) is 6.39. The van der Waals surface area contributed by atoms with Gasteiger partial charge in [0.2, 0.25) is 0 Å². The van der Waals surface area contributed by atoms with E-state index < -0.39 is 10.1 Å². The molecule has 0 atom stereocenters. The van der Waals surface area contributed by atoms with Gasteiger partial charge < -0.3 is 5.11 Å². The smallest absolute Gasteiger partial charge is 0.506 e. The van der Waals surface area contributed by atoms with Crippen LogP contribution in [0.5, 0.6) is 5.75 Å². The van der Waals surface area contributed by atoms with Crippen molar-refractivity contribution in [3.8, 4) is 5.75 Å². The summed E-state index contributed by atoms with van der Waals surface area (Å²) in [7, 11) is -4.74. The first-order chi connectivity index (χ1) is 15.2. The summed E-state index contributed by atoms with van der Waals surface area (Å²) in [4.78, 5) is 9.84. The van der Waals surface area contributed by atoms with Crippen LogP contribution in [-0.2, 0) is 10.1 Å². The Labute approximate surface area is 284 Å². The molecular weight excluding hydrogens is 1000 g/mol. The fourth-order valence-electron chi connectivity index (χ4n) is 2.95. The van der Waals surface area contributed by atoms with Crippen molar-refractivity contribution in [1.29, 1.82) is 0 Å². The van der Waals surface area contributed by atoms with Gasteiger partial charge in [-0.1, -0.05) is 0 Å². The molecule has 5 nitrogen and oxygen atoms in total. The van der Waals surface area contributed by atoms with Gasteiger partial charge in [-0.05, 0) is 168 Å². The number of aromatic hydroxyl groups is 1. The van der Waals surface area contributed by atoms with E-state index in [2.05, 4.69) is 127 Å². The van der Waals surface area contributed by atoms with Crippen LogP contribution in [0, 0.1) is 0 Å². The summed E-state index contributed by atoms with van der Waals surface area (Å²) in [5.74, 6) is -0.0863. The molecule has 0 aromatic heterocycles. The van der Waals surface area contributed by atoms with E-state index >= 15 is 0 Å². The zero-order valence-electron chi connectivity index (χ0n) is 16.4. The molecule has 0 radical (unpaired) electrons. The van der Waals surface area contributed by atoms with Crippen LogP contribution in [0.2, 0.25) is 0 Å². The minimum Gasteiger partial charge on any atom is -0.506 e. The van der Waals surface area contributed by atoms with Gasteiger partial charge in [0.05, 0.1) is 13.4 Å². The summed E-state index contributed by atoms with van der Waals surface area (Å²) in [6, 6.07) is 3.21. The number of phenolic OH excluding ortho intramolecular Hbond substituents is 1. The number of rotatable bonds is 3. The van der Waals surface area contributed by atoms with Crippen LogP contribution in [0.15, 0.2) is 70.6 Å². The van der Waals surface area contributed by atoms with Gasteiger partial charge in [0, 0.05) is 19.0 Å². The van der Waals surface area contributed by atoms with Crippen molar-refractivity contribution in [1.82, 2.24) is 0 Å². The summed E-state index contributed by atoms with van der Waals surface area (Å²) < 4.78 is 38.0. The third-order valence-corrected chi connectivity index (χ3v) is 12.7. The number of allylic oxidation sites excluding steroid dienone is 5. The normalized spacial score (nSPS) is 13.9. The van der Waals surface area contributed by atoms with Crippen molar-refractivity contribution in [2.24, 2.45) is 0 Å². The maximum Gasteiger partial charge on any atom is 1.00 e. The average Bonchev–Trinajstić information content (AvgIpc) is 2.71. The van der Waals surface area contributed by atoms with E-state index in [1.807, 2.05) is 0 Å². The van der Waals surface area contributed by atoms with Crippen LogP contribution < -0.4 is 29.6 Å². The topological polar surface area (TPSA) is 96.0 Å². The Morgan fingerprint density at radius 1 is 0.794 bits per heavy atom. The Morgan fingerprint density at radius 3 is 1.68 bits per heavy atom. The SMILES string of the molecule is O=S(=O)(O)c1c(Br)c(Br)c(Br)c(Br)c1C(=C1C=C(Br)C(=[OH+])C(Br)=C1)c1cc(Br)c(O)c(Br)c1.[Na+]. The van der Waals surface area contributed by atoms with E-state index in [9.17, 15) is 22.9 Å². The molecule has 0 heterocycles. The van der Waals surface area contributed by atoms with Crippen molar-refractivity contribution < 1.29 is 52.4 Å². The van der Waals surface area contributed by atoms with E-state index in [0.717, 1.165) is 0 Å². The van der Waals surface area contributed by atoms with Crippen LogP contribution >= 0.6 is 127 Å². The number of benzene rings is 2. The Morgan fingerprint density at radius 2 is 1.24 bits per heavy atom. The van der Waals surface area contributed by atoms with Crippen molar-refractivity contribution in [3.05, 3.63) is 76.8 Å². The standard InChI is InChI=1S/C19H6Br8O5S.Na/c20-7-1-5(2-8(21)17(7)28)11(6-3-9(22)18(29)10(23)4-6)12-13(24)14(25)15(26)16(27)19(12)33(30,31)32;/h1-4,28H,(H,30,31,32);/q;+1/p+1. The van der Waals surface area contributed by atoms with Gasteiger partial charge in [-0.2, -0.15) is 8.42 Å². The molecule has 1 aliphatic rings. The summed E-state index contributed by atoms with van der Waals surface area (Å²) >= 11 is 26.8. The Hall–Kier alpha value is 1.88. The molecule has 0 saturated carbocycles. The van der Waals surface area contributed by atoms with Crippen LogP contribution in [-0.4, -0.2) is 28.7 Å². The number of ketones is 1. The molecule has 34 heavy (non-hydrogen) atoms. The predicted octanol–water partition coefficient (Wildman–Crippen LogP) is 6.14. The van der Waals surface area contributed by atoms with Crippen molar-refractivity contribution in [3.63, 3.8) is 0 Å². The number of hydrogen-bond acceptors (Lipinski definition) is 3. The Kier molecular flexibility index (Phi) is 11.7. The van der Waals surface area contributed by atoms with Gasteiger partial charge in [0.15, 0.2) is 0 Å². The molecule has 2 aromatic carbocycles. The van der Waals surface area contributed by atoms with Gasteiger partial charge in [0.25, 0.3) is 10.1 Å². The van der Waals surface area contributed by atoms with Crippen molar-refractivity contribution in [2.75, 3.05) is 0 Å². The fraction of sp³-hybridized carbons (Fsp3) is 0. The molecule has 15 heteroatoms. The number of phenols is 1. The van der Waals surface area contributed by atoms with Crippen molar-refractivity contribution in [2.45, 2.75) is 4.90 Å². The van der Waals surface area contributed by atoms with Gasteiger partial charge in [-0.3, -0.25) is 9.35 Å². The molecule has 0 unspecified atom stereocenters. The van der Waals surface area contributed by atoms with E-state index in [-0.39, 0.29) is 56.0 Å². The maximum absolute atomic E-state index is 12.6. The summed E-state index contributed by atoms with van der Waals surface area (Å²) in [5.41, 5.74) is 1.48. The van der Waals surface area contributed by atoms with E-state index in [1.54, 1.807) is 24.3 Å². The molecule has 0 fully saturated rings. The molecule has 1 aliphatic carbocycles. The largest absolute Gasteiger partial charge is 1.00 e. The fourth-order valence-corrected chi connectivity index (χ4v) is 9.31. The molecule has 174 valence electrons. The molecule has 2 aromatic rings. The maximum atomic E-state index is 12.6. The Bertz CT molecular complexity index is 1400. The zero-order chi connectivity index (χ0) is 25.0. The van der Waals surface area contributed by atoms with Gasteiger partial charge >= 0.3 is 35.3 Å². The summed E-state index contributed by atoms with van der Waals surface area (Å²) in [6.45, 7) is 0. The molecule has 3 rings (SSSR count). The molecule has 0 spiro atoms. The van der Waals surface area contributed by atoms with Crippen LogP contribution in [0.4, 0.5) is 0 Å². The quantitative estimate of drug-likeness (QED) is 0.127. The van der Waals surface area contributed by atoms with Crippen molar-refractivity contribution >= 4 is 149 Å². The number of hydrogen-bond donors (Lipinski definition) is 2. The molecule has 0 amide bonds. The van der Waals surface area contributed by atoms with Crippen LogP contribution in [0.25, 0.3) is 5.57 Å². The zero-order valence-corrected chi connectivity index (χ0v) is 31.9. The third-order valence-electron chi connectivity index (χ3n) is 4.34. The minimum atomic E-state index is -4.74. The molecule has 0 saturated heterocycles. The molecule has 0 bridgehead atoms. The molecule has 3 N–H and O–H groups in total. The first kappa shape index (κ1) is 32.1. The second kappa shape index (κ2) is 12.4. The first-order valence-electron chi connectivity index (χ1n) is 8.24. The first-order valence-corrected chi connectivity index (χ1v) is 16.0. The van der Waals surface area contributed by atoms with E-state index in [4.69, 9.17) is 0 Å². The van der Waals surface area contributed by atoms with Gasteiger partial charge in [-0.25, -0.2) is 0 Å². The molecule has 0 aliphatic heterocycles. The average molecular weight is 1010 g/mol. The summed E-state index contributed by atoms with van der Waals surface area (Å²) in [6.07, 6.45) is 3.21. The second-order valence-corrected chi connectivity index (χ2v) is 14.3. The number of carbonyl (C=O) groups excluding carboxylic acids is 1. The van der Waals surface area contributed by atoms with Gasteiger partial charge in [0.1, 0.15) is 19.6 Å². The molecular formula is C19H7Br8NaO5S+2. The monoisotopic (exact) mass is 1000 g/mol.